The smallest absolute Gasteiger partial charge is 0.272 e. The SMILES string of the molecule is CCCc1c(C(=O)Nc2ccc(OC)c(N)c2)[nH]c(C)c1C(C)=O. The summed E-state index contributed by atoms with van der Waals surface area (Å²) in [5.74, 6) is 0.216. The summed E-state index contributed by atoms with van der Waals surface area (Å²) in [7, 11) is 1.53. The zero-order valence-corrected chi connectivity index (χ0v) is 14.4. The van der Waals surface area contributed by atoms with E-state index in [4.69, 9.17) is 10.5 Å². The van der Waals surface area contributed by atoms with Crippen molar-refractivity contribution in [1.29, 1.82) is 0 Å². The maximum absolute atomic E-state index is 12.6. The number of aryl methyl sites for hydroxylation is 1. The lowest BCUT2D eigenvalue weighted by Crippen LogP contribution is -2.15. The van der Waals surface area contributed by atoms with Crippen molar-refractivity contribution in [3.8, 4) is 5.75 Å². The van der Waals surface area contributed by atoms with Crippen molar-refractivity contribution in [3.63, 3.8) is 0 Å². The maximum Gasteiger partial charge on any atom is 0.272 e. The van der Waals surface area contributed by atoms with E-state index in [1.165, 1.54) is 14.0 Å². The average Bonchev–Trinajstić information content (AvgIpc) is 2.84. The maximum atomic E-state index is 12.6. The second-order valence-electron chi connectivity index (χ2n) is 5.70. The van der Waals surface area contributed by atoms with E-state index in [0.717, 1.165) is 12.0 Å². The van der Waals surface area contributed by atoms with Crippen LogP contribution in [-0.4, -0.2) is 23.8 Å². The number of benzene rings is 1. The van der Waals surface area contributed by atoms with Crippen molar-refractivity contribution in [3.05, 3.63) is 40.7 Å². The summed E-state index contributed by atoms with van der Waals surface area (Å²) in [4.78, 5) is 27.6. The van der Waals surface area contributed by atoms with Gasteiger partial charge in [0.1, 0.15) is 11.4 Å². The molecule has 0 aliphatic rings. The number of anilines is 2. The lowest BCUT2D eigenvalue weighted by Gasteiger charge is -2.09. The van der Waals surface area contributed by atoms with Crippen molar-refractivity contribution in [1.82, 2.24) is 4.98 Å². The first-order chi connectivity index (χ1) is 11.4. The van der Waals surface area contributed by atoms with Gasteiger partial charge in [0.25, 0.3) is 5.91 Å². The number of rotatable bonds is 6. The van der Waals surface area contributed by atoms with E-state index >= 15 is 0 Å². The molecule has 1 amide bonds. The fraction of sp³-hybridized carbons (Fsp3) is 0.333. The van der Waals surface area contributed by atoms with Crippen LogP contribution in [0.4, 0.5) is 11.4 Å². The fourth-order valence-electron chi connectivity index (χ4n) is 2.85. The molecule has 0 radical (unpaired) electrons. The molecule has 1 aromatic heterocycles. The molecule has 6 heteroatoms. The molecule has 24 heavy (non-hydrogen) atoms. The molecule has 6 nitrogen and oxygen atoms in total. The Morgan fingerprint density at radius 1 is 1.33 bits per heavy atom. The van der Waals surface area contributed by atoms with Gasteiger partial charge < -0.3 is 20.8 Å². The van der Waals surface area contributed by atoms with Gasteiger partial charge in [-0.25, -0.2) is 0 Å². The van der Waals surface area contributed by atoms with Crippen LogP contribution in [0.15, 0.2) is 18.2 Å². The van der Waals surface area contributed by atoms with E-state index < -0.39 is 0 Å². The predicted octanol–water partition coefficient (Wildman–Crippen LogP) is 3.32. The summed E-state index contributed by atoms with van der Waals surface area (Å²) in [6, 6.07) is 5.05. The highest BCUT2D eigenvalue weighted by molar-refractivity contribution is 6.08. The Labute approximate surface area is 141 Å². The molecule has 1 heterocycles. The first kappa shape index (κ1) is 17.6. The van der Waals surface area contributed by atoms with Crippen molar-refractivity contribution in [2.45, 2.75) is 33.6 Å². The minimum absolute atomic E-state index is 0.0417. The number of methoxy groups -OCH3 is 1. The van der Waals surface area contributed by atoms with Crippen molar-refractivity contribution in [2.75, 3.05) is 18.2 Å². The molecule has 0 bridgehead atoms. The summed E-state index contributed by atoms with van der Waals surface area (Å²) in [6.45, 7) is 5.33. The molecule has 0 unspecified atom stereocenters. The minimum atomic E-state index is -0.293. The molecule has 2 aromatic rings. The number of aromatic nitrogens is 1. The molecule has 1 aromatic carbocycles. The summed E-state index contributed by atoms with van der Waals surface area (Å²) in [6.07, 6.45) is 1.50. The summed E-state index contributed by atoms with van der Waals surface area (Å²) < 4.78 is 5.10. The molecule has 0 aliphatic heterocycles. The van der Waals surface area contributed by atoms with Gasteiger partial charge in [0.05, 0.1) is 12.8 Å². The molecule has 128 valence electrons. The zero-order chi connectivity index (χ0) is 17.9. The van der Waals surface area contributed by atoms with Crippen LogP contribution in [0.3, 0.4) is 0 Å². The number of nitrogen functional groups attached to an aromatic ring is 1. The first-order valence-electron chi connectivity index (χ1n) is 7.86. The van der Waals surface area contributed by atoms with E-state index in [-0.39, 0.29) is 11.7 Å². The van der Waals surface area contributed by atoms with Gasteiger partial charge in [0.15, 0.2) is 5.78 Å². The monoisotopic (exact) mass is 329 g/mol. The Hall–Kier alpha value is -2.76. The van der Waals surface area contributed by atoms with E-state index in [9.17, 15) is 9.59 Å². The van der Waals surface area contributed by atoms with Gasteiger partial charge in [0.2, 0.25) is 0 Å². The van der Waals surface area contributed by atoms with Crippen LogP contribution < -0.4 is 15.8 Å². The third-order valence-electron chi connectivity index (χ3n) is 3.86. The summed E-state index contributed by atoms with van der Waals surface area (Å²) in [5.41, 5.74) is 9.38. The first-order valence-corrected chi connectivity index (χ1v) is 7.86. The van der Waals surface area contributed by atoms with Gasteiger partial charge in [0, 0.05) is 16.9 Å². The number of nitrogens with one attached hydrogen (secondary N) is 2. The second-order valence-corrected chi connectivity index (χ2v) is 5.70. The fourth-order valence-corrected chi connectivity index (χ4v) is 2.85. The number of nitrogens with two attached hydrogens (primary N) is 1. The topological polar surface area (TPSA) is 97.2 Å². The molecule has 4 N–H and O–H groups in total. The van der Waals surface area contributed by atoms with E-state index in [0.29, 0.717) is 40.5 Å². The molecular formula is C18H23N3O3. The quantitative estimate of drug-likeness (QED) is 0.559. The Morgan fingerprint density at radius 2 is 2.04 bits per heavy atom. The van der Waals surface area contributed by atoms with Crippen LogP contribution in [0, 0.1) is 6.92 Å². The molecule has 0 saturated carbocycles. The Kier molecular flexibility index (Phi) is 5.28. The van der Waals surface area contributed by atoms with E-state index in [1.807, 2.05) is 6.92 Å². The van der Waals surface area contributed by atoms with Crippen LogP contribution >= 0.6 is 0 Å². The molecule has 0 fully saturated rings. The number of ketones is 1. The highest BCUT2D eigenvalue weighted by Crippen LogP contribution is 2.26. The minimum Gasteiger partial charge on any atom is -0.495 e. The second kappa shape index (κ2) is 7.21. The van der Waals surface area contributed by atoms with Crippen molar-refractivity contribution >= 4 is 23.1 Å². The Balaban J connectivity index is 2.34. The van der Waals surface area contributed by atoms with Crippen LogP contribution in [-0.2, 0) is 6.42 Å². The van der Waals surface area contributed by atoms with Crippen LogP contribution in [0.5, 0.6) is 5.75 Å². The van der Waals surface area contributed by atoms with Gasteiger partial charge in [-0.05, 0) is 44.0 Å². The summed E-state index contributed by atoms with van der Waals surface area (Å²) in [5, 5.41) is 2.81. The van der Waals surface area contributed by atoms with Gasteiger partial charge in [-0.3, -0.25) is 9.59 Å². The molecule has 0 aliphatic carbocycles. The molecular weight excluding hydrogens is 306 g/mol. The lowest BCUT2D eigenvalue weighted by atomic mass is 10.0. The molecule has 0 saturated heterocycles. The number of carbonyl (C=O) groups excluding carboxylic acids is 2. The van der Waals surface area contributed by atoms with E-state index in [2.05, 4.69) is 10.3 Å². The highest BCUT2D eigenvalue weighted by Gasteiger charge is 2.22. The Bertz CT molecular complexity index is 778. The third kappa shape index (κ3) is 3.42. The van der Waals surface area contributed by atoms with E-state index in [1.54, 1.807) is 25.1 Å². The molecule has 0 spiro atoms. The van der Waals surface area contributed by atoms with Crippen LogP contribution in [0.1, 0.15) is 52.4 Å². The Morgan fingerprint density at radius 3 is 2.58 bits per heavy atom. The number of hydrogen-bond acceptors (Lipinski definition) is 4. The zero-order valence-electron chi connectivity index (χ0n) is 14.4. The van der Waals surface area contributed by atoms with Gasteiger partial charge >= 0.3 is 0 Å². The number of aromatic amines is 1. The van der Waals surface area contributed by atoms with Crippen LogP contribution in [0.25, 0.3) is 0 Å². The molecule has 0 atom stereocenters. The van der Waals surface area contributed by atoms with Crippen molar-refractivity contribution in [2.24, 2.45) is 0 Å². The lowest BCUT2D eigenvalue weighted by molar-refractivity contribution is 0.101. The number of ether oxygens (including phenoxy) is 1. The summed E-state index contributed by atoms with van der Waals surface area (Å²) >= 11 is 0. The highest BCUT2D eigenvalue weighted by atomic mass is 16.5. The van der Waals surface area contributed by atoms with Gasteiger partial charge in [-0.2, -0.15) is 0 Å². The number of amides is 1. The normalized spacial score (nSPS) is 10.5. The molecule has 2 rings (SSSR count). The standard InChI is InChI=1S/C18H23N3O3/c1-5-6-13-16(11(3)22)10(2)20-17(13)18(23)21-12-7-8-15(24-4)14(19)9-12/h7-9,20H,5-6,19H2,1-4H3,(H,21,23). The van der Waals surface area contributed by atoms with Crippen LogP contribution in [0.2, 0.25) is 0 Å². The van der Waals surface area contributed by atoms with Gasteiger partial charge in [-0.1, -0.05) is 13.3 Å². The number of hydrogen-bond donors (Lipinski definition) is 3. The van der Waals surface area contributed by atoms with Crippen molar-refractivity contribution < 1.29 is 14.3 Å². The number of Topliss-reactive ketones (excluding diaryl/α,β-unsaturated/α-hetero) is 1. The third-order valence-corrected chi connectivity index (χ3v) is 3.86. The van der Waals surface area contributed by atoms with Gasteiger partial charge in [-0.15, -0.1) is 0 Å². The predicted molar refractivity (Wildman–Crippen MR) is 94.9 cm³/mol. The largest absolute Gasteiger partial charge is 0.495 e. The number of H-pyrrole nitrogens is 1. The number of carbonyl (C=O) groups is 2. The average molecular weight is 329 g/mol.